The molecule has 1 aromatic carbocycles. The summed E-state index contributed by atoms with van der Waals surface area (Å²) in [4.78, 5) is 11.6. The van der Waals surface area contributed by atoms with E-state index in [1.807, 2.05) is 0 Å². The van der Waals surface area contributed by atoms with Crippen LogP contribution in [-0.2, 0) is 19.0 Å². The molecular formula is C17H22ClNO6. The van der Waals surface area contributed by atoms with Gasteiger partial charge in [0.15, 0.2) is 5.79 Å². The van der Waals surface area contributed by atoms with Crippen molar-refractivity contribution in [2.75, 3.05) is 6.61 Å². The van der Waals surface area contributed by atoms with Crippen LogP contribution < -0.4 is 10.1 Å². The number of nitrogens with one attached hydrogen (secondary N) is 1. The van der Waals surface area contributed by atoms with Gasteiger partial charge in [0.1, 0.15) is 30.1 Å². The lowest BCUT2D eigenvalue weighted by Gasteiger charge is -2.49. The van der Waals surface area contributed by atoms with Crippen LogP contribution in [0, 0.1) is 0 Å². The molecule has 0 unspecified atom stereocenters. The highest BCUT2D eigenvalue weighted by atomic mass is 35.5. The molecule has 2 aliphatic rings. The number of fused-ring (bicyclic) bond motifs is 1. The number of hydrogen-bond acceptors (Lipinski definition) is 6. The lowest BCUT2D eigenvalue weighted by atomic mass is 9.95. The van der Waals surface area contributed by atoms with Crippen molar-refractivity contribution in [1.82, 2.24) is 5.32 Å². The molecule has 0 spiro atoms. The van der Waals surface area contributed by atoms with E-state index in [4.69, 9.17) is 30.5 Å². The second-order valence-electron chi connectivity index (χ2n) is 6.62. The average molecular weight is 372 g/mol. The van der Waals surface area contributed by atoms with E-state index in [0.717, 1.165) is 0 Å². The highest BCUT2D eigenvalue weighted by Gasteiger charge is 2.52. The summed E-state index contributed by atoms with van der Waals surface area (Å²) in [5, 5.41) is 14.0. The topological polar surface area (TPSA) is 86.3 Å². The predicted octanol–water partition coefficient (Wildman–Crippen LogP) is 1.46. The number of aliphatic hydroxyl groups excluding tert-OH is 1. The van der Waals surface area contributed by atoms with Crippen LogP contribution in [0.2, 0.25) is 5.02 Å². The molecule has 5 atom stereocenters. The minimum absolute atomic E-state index is 0.252. The van der Waals surface area contributed by atoms with Crippen molar-refractivity contribution in [3.8, 4) is 5.75 Å². The molecule has 1 aromatic rings. The van der Waals surface area contributed by atoms with E-state index in [1.54, 1.807) is 38.1 Å². The number of ether oxygens (including phenoxy) is 4. The van der Waals surface area contributed by atoms with Gasteiger partial charge in [-0.3, -0.25) is 4.79 Å². The van der Waals surface area contributed by atoms with Gasteiger partial charge in [-0.25, -0.2) is 0 Å². The minimum Gasteiger partial charge on any atom is -0.463 e. The van der Waals surface area contributed by atoms with Crippen LogP contribution >= 0.6 is 11.6 Å². The van der Waals surface area contributed by atoms with Crippen molar-refractivity contribution < 1.29 is 28.8 Å². The summed E-state index contributed by atoms with van der Waals surface area (Å²) >= 11 is 5.88. The fourth-order valence-corrected chi connectivity index (χ4v) is 3.11. The van der Waals surface area contributed by atoms with Crippen molar-refractivity contribution >= 4 is 17.5 Å². The molecule has 0 radical (unpaired) electrons. The van der Waals surface area contributed by atoms with E-state index in [0.29, 0.717) is 10.8 Å². The molecule has 25 heavy (non-hydrogen) atoms. The van der Waals surface area contributed by atoms with Crippen LogP contribution in [0.3, 0.4) is 0 Å². The largest absolute Gasteiger partial charge is 0.463 e. The molecule has 2 fully saturated rings. The van der Waals surface area contributed by atoms with E-state index < -0.39 is 36.4 Å². The molecule has 3 rings (SSSR count). The quantitative estimate of drug-likeness (QED) is 0.836. The molecule has 138 valence electrons. The average Bonchev–Trinajstić information content (AvgIpc) is 2.53. The van der Waals surface area contributed by atoms with Crippen LogP contribution in [0.5, 0.6) is 5.75 Å². The first kappa shape index (κ1) is 18.4. The summed E-state index contributed by atoms with van der Waals surface area (Å²) in [7, 11) is 0. The SMILES string of the molecule is CC(=O)N[C@H]1[C@@H](Oc2ccc(Cl)cc2)O[C@H]2COC(C)(C)O[C@H]2[C@H]1O. The van der Waals surface area contributed by atoms with Crippen LogP contribution in [0.15, 0.2) is 24.3 Å². The summed E-state index contributed by atoms with van der Waals surface area (Å²) in [6.45, 7) is 5.15. The van der Waals surface area contributed by atoms with Gasteiger partial charge in [-0.2, -0.15) is 0 Å². The van der Waals surface area contributed by atoms with Gasteiger partial charge in [-0.1, -0.05) is 11.6 Å². The molecule has 8 heteroatoms. The molecule has 1 amide bonds. The third kappa shape index (κ3) is 4.24. The summed E-state index contributed by atoms with van der Waals surface area (Å²) in [6.07, 6.45) is -3.05. The Balaban J connectivity index is 1.80. The third-order valence-electron chi connectivity index (χ3n) is 4.12. The smallest absolute Gasteiger partial charge is 0.223 e. The Morgan fingerprint density at radius 3 is 2.68 bits per heavy atom. The summed E-state index contributed by atoms with van der Waals surface area (Å²) < 4.78 is 23.1. The lowest BCUT2D eigenvalue weighted by molar-refractivity contribution is -0.361. The summed E-state index contributed by atoms with van der Waals surface area (Å²) in [5.41, 5.74) is 0. The zero-order chi connectivity index (χ0) is 18.2. The molecule has 2 aliphatic heterocycles. The first-order chi connectivity index (χ1) is 11.7. The number of carbonyl (C=O) groups is 1. The highest BCUT2D eigenvalue weighted by molar-refractivity contribution is 6.30. The molecule has 0 aromatic heterocycles. The van der Waals surface area contributed by atoms with Crippen LogP contribution in [0.25, 0.3) is 0 Å². The Kier molecular flexibility index (Phi) is 5.22. The second-order valence-corrected chi connectivity index (χ2v) is 7.06. The molecule has 0 bridgehead atoms. The zero-order valence-corrected chi connectivity index (χ0v) is 15.0. The first-order valence-corrected chi connectivity index (χ1v) is 8.47. The van der Waals surface area contributed by atoms with Crippen molar-refractivity contribution in [3.05, 3.63) is 29.3 Å². The predicted molar refractivity (Wildman–Crippen MR) is 89.3 cm³/mol. The van der Waals surface area contributed by atoms with Crippen molar-refractivity contribution in [2.24, 2.45) is 0 Å². The Bertz CT molecular complexity index is 622. The number of benzene rings is 1. The van der Waals surface area contributed by atoms with Gasteiger partial charge in [-0.15, -0.1) is 0 Å². The van der Waals surface area contributed by atoms with Crippen LogP contribution in [0.4, 0.5) is 0 Å². The minimum atomic E-state index is -1.01. The van der Waals surface area contributed by atoms with E-state index in [-0.39, 0.29) is 12.5 Å². The van der Waals surface area contributed by atoms with Crippen molar-refractivity contribution in [2.45, 2.75) is 57.2 Å². The Labute approximate surface area is 151 Å². The summed E-state index contributed by atoms with van der Waals surface area (Å²) in [5.74, 6) is -0.633. The van der Waals surface area contributed by atoms with E-state index in [1.165, 1.54) is 6.92 Å². The standard InChI is InChI=1S/C17H22ClNO6/c1-9(20)19-13-14(21)15-12(8-22-17(2,3)25-15)24-16(13)23-11-6-4-10(18)5-7-11/h4-7,12-16,21H,8H2,1-3H3,(H,19,20)/t12-,13+,14-,15+,16-/m0/s1. The fraction of sp³-hybridized carbons (Fsp3) is 0.588. The fourth-order valence-electron chi connectivity index (χ4n) is 2.98. The van der Waals surface area contributed by atoms with Crippen molar-refractivity contribution in [1.29, 1.82) is 0 Å². The normalized spacial score (nSPS) is 34.0. The molecule has 2 N–H and O–H groups in total. The number of halogens is 1. The molecular weight excluding hydrogens is 350 g/mol. The van der Waals surface area contributed by atoms with E-state index in [9.17, 15) is 9.90 Å². The number of rotatable bonds is 3. The van der Waals surface area contributed by atoms with Crippen molar-refractivity contribution in [3.63, 3.8) is 0 Å². The van der Waals surface area contributed by atoms with Gasteiger partial charge < -0.3 is 29.4 Å². The number of carbonyl (C=O) groups excluding carboxylic acids is 1. The lowest BCUT2D eigenvalue weighted by Crippen LogP contribution is -2.69. The monoisotopic (exact) mass is 371 g/mol. The molecule has 7 nitrogen and oxygen atoms in total. The van der Waals surface area contributed by atoms with E-state index >= 15 is 0 Å². The maximum atomic E-state index is 11.6. The first-order valence-electron chi connectivity index (χ1n) is 8.10. The van der Waals surface area contributed by atoms with Gasteiger partial charge in [0.25, 0.3) is 0 Å². The maximum Gasteiger partial charge on any atom is 0.223 e. The number of aliphatic hydroxyl groups is 1. The zero-order valence-electron chi connectivity index (χ0n) is 14.3. The number of amides is 1. The Morgan fingerprint density at radius 2 is 2.04 bits per heavy atom. The Hall–Kier alpha value is -1.38. The van der Waals surface area contributed by atoms with Crippen LogP contribution in [-0.4, -0.2) is 54.1 Å². The molecule has 2 saturated heterocycles. The summed E-state index contributed by atoms with van der Waals surface area (Å²) in [6, 6.07) is 5.95. The Morgan fingerprint density at radius 1 is 1.36 bits per heavy atom. The maximum absolute atomic E-state index is 11.6. The molecule has 2 heterocycles. The van der Waals surface area contributed by atoms with Crippen LogP contribution in [0.1, 0.15) is 20.8 Å². The highest BCUT2D eigenvalue weighted by Crippen LogP contribution is 2.33. The molecule has 0 aliphatic carbocycles. The van der Waals surface area contributed by atoms with Gasteiger partial charge >= 0.3 is 0 Å². The van der Waals surface area contributed by atoms with Gasteiger partial charge in [0.2, 0.25) is 12.2 Å². The van der Waals surface area contributed by atoms with Gasteiger partial charge in [0, 0.05) is 11.9 Å². The van der Waals surface area contributed by atoms with Gasteiger partial charge in [0.05, 0.1) is 6.61 Å². The third-order valence-corrected chi connectivity index (χ3v) is 4.38. The second kappa shape index (κ2) is 7.09. The van der Waals surface area contributed by atoms with Gasteiger partial charge in [-0.05, 0) is 38.1 Å². The number of hydrogen-bond donors (Lipinski definition) is 2. The van der Waals surface area contributed by atoms with E-state index in [2.05, 4.69) is 5.32 Å². The molecule has 0 saturated carbocycles.